The van der Waals surface area contributed by atoms with Crippen molar-refractivity contribution in [1.82, 2.24) is 15.3 Å². The third-order valence-electron chi connectivity index (χ3n) is 4.37. The number of ether oxygens (including phenoxy) is 2. The van der Waals surface area contributed by atoms with E-state index in [0.717, 1.165) is 27.6 Å². The van der Waals surface area contributed by atoms with Crippen LogP contribution in [0.25, 0.3) is 10.6 Å². The highest BCUT2D eigenvalue weighted by Crippen LogP contribution is 2.29. The molecule has 4 aromatic rings. The number of pyridine rings is 1. The van der Waals surface area contributed by atoms with Crippen molar-refractivity contribution < 1.29 is 14.3 Å². The van der Waals surface area contributed by atoms with Gasteiger partial charge in [-0.05, 0) is 36.1 Å². The molecule has 0 radical (unpaired) electrons. The number of rotatable bonds is 9. The maximum Gasteiger partial charge on any atom is 0.263 e. The maximum absolute atomic E-state index is 12.6. The number of nitrogens with one attached hydrogen (secondary N) is 1. The molecule has 0 aliphatic heterocycles. The fourth-order valence-corrected chi connectivity index (χ4v) is 4.50. The third kappa shape index (κ3) is 5.68. The molecule has 1 amide bonds. The molecule has 3 heterocycles. The Labute approximate surface area is 188 Å². The molecule has 0 bridgehead atoms. The molecular formula is C23H21N3O3S2. The van der Waals surface area contributed by atoms with E-state index >= 15 is 0 Å². The highest BCUT2D eigenvalue weighted by Gasteiger charge is 2.16. The Hall–Kier alpha value is -3.23. The summed E-state index contributed by atoms with van der Waals surface area (Å²) in [6.07, 6.45) is 1.70. The summed E-state index contributed by atoms with van der Waals surface area (Å²) in [5.74, 6) is 1.20. The van der Waals surface area contributed by atoms with E-state index in [-0.39, 0.29) is 5.91 Å². The first-order valence-electron chi connectivity index (χ1n) is 9.73. The van der Waals surface area contributed by atoms with E-state index in [1.165, 1.54) is 11.3 Å². The Bertz CT molecular complexity index is 1110. The highest BCUT2D eigenvalue weighted by molar-refractivity contribution is 7.17. The van der Waals surface area contributed by atoms with Crippen LogP contribution in [0.15, 0.2) is 65.5 Å². The van der Waals surface area contributed by atoms with Crippen LogP contribution >= 0.6 is 22.7 Å². The van der Waals surface area contributed by atoms with Gasteiger partial charge < -0.3 is 14.8 Å². The van der Waals surface area contributed by atoms with Crippen LogP contribution in [-0.4, -0.2) is 29.1 Å². The molecule has 0 aliphatic rings. The normalized spacial score (nSPS) is 10.6. The second-order valence-corrected chi connectivity index (χ2v) is 8.42. The summed E-state index contributed by atoms with van der Waals surface area (Å²) in [5.41, 5.74) is 2.68. The zero-order chi connectivity index (χ0) is 21.5. The lowest BCUT2D eigenvalue weighted by Crippen LogP contribution is -2.22. The van der Waals surface area contributed by atoms with Crippen LogP contribution < -0.4 is 14.8 Å². The molecule has 0 fully saturated rings. The van der Waals surface area contributed by atoms with E-state index in [4.69, 9.17) is 9.47 Å². The minimum absolute atomic E-state index is 0.130. The Kier molecular flexibility index (Phi) is 6.91. The van der Waals surface area contributed by atoms with E-state index in [2.05, 4.69) is 15.3 Å². The number of para-hydroxylation sites is 1. The zero-order valence-corrected chi connectivity index (χ0v) is 18.5. The SMILES string of the molecule is Cc1nc(-c2ccsc2)sc1C(=O)NCc1ccc(OCCOc2ccccc2)nc1. The summed E-state index contributed by atoms with van der Waals surface area (Å²) in [6, 6.07) is 15.3. The average molecular weight is 452 g/mol. The molecule has 1 aromatic carbocycles. The van der Waals surface area contributed by atoms with Crippen molar-refractivity contribution in [2.45, 2.75) is 13.5 Å². The van der Waals surface area contributed by atoms with Gasteiger partial charge in [-0.25, -0.2) is 9.97 Å². The van der Waals surface area contributed by atoms with Gasteiger partial charge >= 0.3 is 0 Å². The number of aryl methyl sites for hydroxylation is 1. The van der Waals surface area contributed by atoms with Gasteiger partial charge in [0, 0.05) is 29.8 Å². The van der Waals surface area contributed by atoms with Crippen LogP contribution in [0.5, 0.6) is 11.6 Å². The maximum atomic E-state index is 12.6. The fraction of sp³-hybridized carbons (Fsp3) is 0.174. The van der Waals surface area contributed by atoms with Crippen molar-refractivity contribution >= 4 is 28.6 Å². The lowest BCUT2D eigenvalue weighted by atomic mass is 10.3. The van der Waals surface area contributed by atoms with Gasteiger partial charge in [0.25, 0.3) is 5.91 Å². The van der Waals surface area contributed by atoms with Crippen molar-refractivity contribution in [3.8, 4) is 22.2 Å². The molecule has 0 saturated heterocycles. The van der Waals surface area contributed by atoms with Gasteiger partial charge in [-0.2, -0.15) is 11.3 Å². The topological polar surface area (TPSA) is 73.3 Å². The van der Waals surface area contributed by atoms with Crippen LogP contribution in [0.2, 0.25) is 0 Å². The molecule has 0 atom stereocenters. The van der Waals surface area contributed by atoms with Crippen LogP contribution in [0, 0.1) is 6.92 Å². The summed E-state index contributed by atoms with van der Waals surface area (Å²) >= 11 is 3.02. The molecule has 4 rings (SSSR count). The lowest BCUT2D eigenvalue weighted by Gasteiger charge is -2.08. The molecule has 31 heavy (non-hydrogen) atoms. The molecule has 0 aliphatic carbocycles. The standard InChI is InChI=1S/C23H21N3O3S2/c1-16-21(31-23(26-16)18-9-12-30-15-18)22(27)25-14-17-7-8-20(24-13-17)29-11-10-28-19-5-3-2-4-6-19/h2-9,12-13,15H,10-11,14H2,1H3,(H,25,27). The van der Waals surface area contributed by atoms with E-state index in [0.29, 0.717) is 30.5 Å². The van der Waals surface area contributed by atoms with Crippen molar-refractivity contribution in [2.24, 2.45) is 0 Å². The van der Waals surface area contributed by atoms with Crippen LogP contribution in [0.1, 0.15) is 20.9 Å². The molecule has 1 N–H and O–H groups in total. The number of hydrogen-bond acceptors (Lipinski definition) is 7. The minimum atomic E-state index is -0.130. The van der Waals surface area contributed by atoms with Gasteiger partial charge in [0.15, 0.2) is 0 Å². The second-order valence-electron chi connectivity index (χ2n) is 6.64. The summed E-state index contributed by atoms with van der Waals surface area (Å²) < 4.78 is 11.2. The second kappa shape index (κ2) is 10.2. The quantitative estimate of drug-likeness (QED) is 0.364. The van der Waals surface area contributed by atoms with Crippen molar-refractivity contribution in [2.75, 3.05) is 13.2 Å². The molecule has 158 valence electrons. The van der Waals surface area contributed by atoms with Crippen LogP contribution in [0.3, 0.4) is 0 Å². The van der Waals surface area contributed by atoms with Gasteiger partial charge in [0.05, 0.1) is 5.69 Å². The number of aromatic nitrogens is 2. The molecule has 0 spiro atoms. The highest BCUT2D eigenvalue weighted by atomic mass is 32.1. The van der Waals surface area contributed by atoms with Gasteiger partial charge in [0.2, 0.25) is 5.88 Å². The molecule has 0 saturated carbocycles. The van der Waals surface area contributed by atoms with E-state index in [9.17, 15) is 4.79 Å². The fourth-order valence-electron chi connectivity index (χ4n) is 2.80. The smallest absolute Gasteiger partial charge is 0.263 e. The number of thiophene rings is 1. The monoisotopic (exact) mass is 451 g/mol. The van der Waals surface area contributed by atoms with Gasteiger partial charge in [-0.1, -0.05) is 24.3 Å². The lowest BCUT2D eigenvalue weighted by molar-refractivity contribution is 0.0954. The predicted molar refractivity (Wildman–Crippen MR) is 123 cm³/mol. The van der Waals surface area contributed by atoms with Crippen molar-refractivity contribution in [3.63, 3.8) is 0 Å². The largest absolute Gasteiger partial charge is 0.490 e. The van der Waals surface area contributed by atoms with Gasteiger partial charge in [-0.15, -0.1) is 11.3 Å². The van der Waals surface area contributed by atoms with E-state index in [1.54, 1.807) is 23.6 Å². The number of hydrogen-bond donors (Lipinski definition) is 1. The van der Waals surface area contributed by atoms with Crippen molar-refractivity contribution in [1.29, 1.82) is 0 Å². The zero-order valence-electron chi connectivity index (χ0n) is 16.9. The predicted octanol–water partition coefficient (Wildman–Crippen LogP) is 4.96. The summed E-state index contributed by atoms with van der Waals surface area (Å²) in [6.45, 7) is 3.07. The first-order chi connectivity index (χ1) is 15.2. The molecule has 0 unspecified atom stereocenters. The number of carbonyl (C=O) groups is 1. The number of thiazole rings is 1. The van der Waals surface area contributed by atoms with E-state index < -0.39 is 0 Å². The first-order valence-corrected chi connectivity index (χ1v) is 11.5. The van der Waals surface area contributed by atoms with Gasteiger partial charge in [-0.3, -0.25) is 4.79 Å². The Morgan fingerprint density at radius 2 is 1.90 bits per heavy atom. The summed E-state index contributed by atoms with van der Waals surface area (Å²) in [4.78, 5) is 22.0. The van der Waals surface area contributed by atoms with Crippen LogP contribution in [-0.2, 0) is 6.54 Å². The Morgan fingerprint density at radius 1 is 1.06 bits per heavy atom. The number of amides is 1. The third-order valence-corrected chi connectivity index (χ3v) is 6.26. The average Bonchev–Trinajstić information content (AvgIpc) is 3.46. The number of benzene rings is 1. The molecule has 3 aromatic heterocycles. The van der Waals surface area contributed by atoms with Gasteiger partial charge in [0.1, 0.15) is 28.8 Å². The molecular weight excluding hydrogens is 430 g/mol. The number of carbonyl (C=O) groups excluding carboxylic acids is 1. The Balaban J connectivity index is 1.24. The Morgan fingerprint density at radius 3 is 2.65 bits per heavy atom. The van der Waals surface area contributed by atoms with Crippen LogP contribution in [0.4, 0.5) is 0 Å². The number of nitrogens with zero attached hydrogens (tertiary/aromatic N) is 2. The molecule has 6 nitrogen and oxygen atoms in total. The van der Waals surface area contributed by atoms with E-state index in [1.807, 2.05) is 60.1 Å². The molecule has 8 heteroatoms. The summed E-state index contributed by atoms with van der Waals surface area (Å²) in [5, 5.41) is 7.84. The summed E-state index contributed by atoms with van der Waals surface area (Å²) in [7, 11) is 0. The van der Waals surface area contributed by atoms with Crippen molar-refractivity contribution in [3.05, 3.63) is 81.6 Å². The first kappa shape index (κ1) is 21.0. The minimum Gasteiger partial charge on any atom is -0.490 e.